The molecule has 5 atom stereocenters. The van der Waals surface area contributed by atoms with E-state index in [1.54, 1.807) is 0 Å². The average molecular weight is 545 g/mol. The summed E-state index contributed by atoms with van der Waals surface area (Å²) in [7, 11) is 0. The summed E-state index contributed by atoms with van der Waals surface area (Å²) in [5.74, 6) is -3.73. The number of aliphatic hydroxyl groups is 1. The number of rotatable bonds is 18. The Morgan fingerprint density at radius 2 is 1.16 bits per heavy atom. The van der Waals surface area contributed by atoms with E-state index >= 15 is 0 Å². The molecule has 16 nitrogen and oxygen atoms in total. The van der Waals surface area contributed by atoms with Crippen molar-refractivity contribution in [1.29, 1.82) is 0 Å². The van der Waals surface area contributed by atoms with Crippen molar-refractivity contribution in [3.8, 4) is 0 Å². The van der Waals surface area contributed by atoms with Crippen molar-refractivity contribution >= 4 is 35.6 Å². The Balaban J connectivity index is 5.64. The number of hydrogen-bond donors (Lipinski definition) is 10. The molecule has 0 aromatic heterocycles. The van der Waals surface area contributed by atoms with Crippen LogP contribution < -0.4 is 44.6 Å². The highest BCUT2D eigenvalue weighted by Gasteiger charge is 2.31. The molecule has 0 rings (SSSR count). The number of carboxylic acids is 1. The second kappa shape index (κ2) is 17.7. The van der Waals surface area contributed by atoms with Crippen molar-refractivity contribution in [2.45, 2.75) is 83.1 Å². The van der Waals surface area contributed by atoms with Crippen LogP contribution in [0.2, 0.25) is 0 Å². The molecule has 0 aliphatic rings. The van der Waals surface area contributed by atoms with E-state index < -0.39 is 54.0 Å². The third kappa shape index (κ3) is 14.8. The van der Waals surface area contributed by atoms with Gasteiger partial charge in [-0.15, -0.1) is 0 Å². The molecule has 0 aromatic carbocycles. The molecule has 0 heterocycles. The third-order valence-electron chi connectivity index (χ3n) is 5.30. The molecule has 0 fully saturated rings. The van der Waals surface area contributed by atoms with Gasteiger partial charge in [0, 0.05) is 13.1 Å². The number of carboxylic acid groups (broad SMARTS) is 1. The highest BCUT2D eigenvalue weighted by atomic mass is 16.4. The number of amides is 3. The van der Waals surface area contributed by atoms with Gasteiger partial charge in [-0.1, -0.05) is 13.8 Å². The number of aliphatic carboxylic acids is 1. The minimum atomic E-state index is -1.27. The number of nitrogens with one attached hydrogen (secondary N) is 3. The molecule has 0 saturated carbocycles. The van der Waals surface area contributed by atoms with Gasteiger partial charge in [0.2, 0.25) is 17.7 Å². The summed E-state index contributed by atoms with van der Waals surface area (Å²) in [6, 6.07) is -4.74. The minimum absolute atomic E-state index is 0.0235. The van der Waals surface area contributed by atoms with E-state index in [4.69, 9.17) is 28.7 Å². The van der Waals surface area contributed by atoms with Crippen LogP contribution in [-0.2, 0) is 19.2 Å². The lowest BCUT2D eigenvalue weighted by Crippen LogP contribution is -2.58. The van der Waals surface area contributed by atoms with Crippen molar-refractivity contribution in [3.63, 3.8) is 0 Å². The first kappa shape index (κ1) is 34.3. The van der Waals surface area contributed by atoms with Gasteiger partial charge in [0.1, 0.15) is 24.2 Å². The van der Waals surface area contributed by atoms with E-state index in [1.807, 2.05) is 13.8 Å². The molecule has 0 aliphatic carbocycles. The zero-order valence-corrected chi connectivity index (χ0v) is 22.2. The van der Waals surface area contributed by atoms with Crippen molar-refractivity contribution in [2.75, 3.05) is 13.1 Å². The van der Waals surface area contributed by atoms with Gasteiger partial charge in [0.15, 0.2) is 11.9 Å². The molecule has 0 radical (unpaired) electrons. The van der Waals surface area contributed by atoms with Crippen molar-refractivity contribution in [3.05, 3.63) is 0 Å². The van der Waals surface area contributed by atoms with Gasteiger partial charge >= 0.3 is 5.97 Å². The number of aliphatic hydroxyl groups excluding tert-OH is 1. The predicted octanol–water partition coefficient (Wildman–Crippen LogP) is -3.61. The fourth-order valence-electron chi connectivity index (χ4n) is 3.27. The molecule has 15 N–H and O–H groups in total. The van der Waals surface area contributed by atoms with E-state index in [0.717, 1.165) is 0 Å². The number of aliphatic imine (C=N–C) groups is 2. The quantitative estimate of drug-likeness (QED) is 0.0456. The SMILES string of the molecule is CC(C)CC(NC(=O)C(N)C(C)O)C(=O)NC(CCCN=C(N)N)C(=O)NC(CCCN=C(N)N)C(=O)O. The maximum atomic E-state index is 13.1. The normalized spacial score (nSPS) is 14.8. The third-order valence-corrected chi connectivity index (χ3v) is 5.30. The van der Waals surface area contributed by atoms with Gasteiger partial charge in [-0.25, -0.2) is 4.79 Å². The maximum Gasteiger partial charge on any atom is 0.326 e. The largest absolute Gasteiger partial charge is 0.480 e. The van der Waals surface area contributed by atoms with E-state index in [0.29, 0.717) is 0 Å². The summed E-state index contributed by atoms with van der Waals surface area (Å²) >= 11 is 0. The fourth-order valence-corrected chi connectivity index (χ4v) is 3.27. The molecule has 16 heteroatoms. The lowest BCUT2D eigenvalue weighted by molar-refractivity contribution is -0.142. The summed E-state index contributed by atoms with van der Waals surface area (Å²) in [4.78, 5) is 57.9. The van der Waals surface area contributed by atoms with Gasteiger partial charge < -0.3 is 54.8 Å². The molecule has 218 valence electrons. The number of carbonyl (C=O) groups excluding carboxylic acids is 3. The summed E-state index contributed by atoms with van der Waals surface area (Å²) in [6.07, 6.45) is -0.253. The van der Waals surface area contributed by atoms with E-state index in [1.165, 1.54) is 6.92 Å². The molecule has 0 aromatic rings. The maximum absolute atomic E-state index is 13.1. The summed E-state index contributed by atoms with van der Waals surface area (Å²) in [6.45, 7) is 5.35. The number of guanidine groups is 2. The predicted molar refractivity (Wildman–Crippen MR) is 142 cm³/mol. The first-order valence-electron chi connectivity index (χ1n) is 12.3. The lowest BCUT2D eigenvalue weighted by Gasteiger charge is -2.26. The standard InChI is InChI=1S/C22H44N10O6/c1-11(2)10-15(32-19(36)16(23)12(3)33)18(35)30-13(6-4-8-28-21(24)25)17(34)31-14(20(37)38)7-5-9-29-22(26)27/h11-16,33H,4-10,23H2,1-3H3,(H,30,35)(H,31,34)(H,32,36)(H,37,38)(H4,24,25,28)(H4,26,27,29). The van der Waals surface area contributed by atoms with Gasteiger partial charge in [0.25, 0.3) is 0 Å². The number of nitrogens with two attached hydrogens (primary N) is 5. The Kier molecular flexibility index (Phi) is 16.0. The lowest BCUT2D eigenvalue weighted by atomic mass is 10.0. The molecule has 38 heavy (non-hydrogen) atoms. The summed E-state index contributed by atoms with van der Waals surface area (Å²) in [5.41, 5.74) is 26.8. The molecule has 0 aliphatic heterocycles. The first-order chi connectivity index (χ1) is 17.6. The van der Waals surface area contributed by atoms with E-state index in [-0.39, 0.29) is 63.0 Å². The van der Waals surface area contributed by atoms with Crippen LogP contribution in [0.1, 0.15) is 52.9 Å². The van der Waals surface area contributed by atoms with Crippen LogP contribution >= 0.6 is 0 Å². The Hall–Kier alpha value is -3.66. The van der Waals surface area contributed by atoms with Crippen LogP contribution in [0.5, 0.6) is 0 Å². The van der Waals surface area contributed by atoms with Crippen molar-refractivity contribution in [2.24, 2.45) is 44.6 Å². The molecule has 0 bridgehead atoms. The number of carbonyl (C=O) groups is 4. The van der Waals surface area contributed by atoms with Crippen LogP contribution in [-0.4, -0.2) is 89.2 Å². The Bertz CT molecular complexity index is 840. The monoisotopic (exact) mass is 544 g/mol. The molecular weight excluding hydrogens is 500 g/mol. The fraction of sp³-hybridized carbons (Fsp3) is 0.727. The van der Waals surface area contributed by atoms with Crippen LogP contribution in [0, 0.1) is 5.92 Å². The van der Waals surface area contributed by atoms with Crippen molar-refractivity contribution in [1.82, 2.24) is 16.0 Å². The van der Waals surface area contributed by atoms with E-state index in [9.17, 15) is 29.4 Å². The van der Waals surface area contributed by atoms with Gasteiger partial charge in [-0.2, -0.15) is 0 Å². The Morgan fingerprint density at radius 3 is 1.58 bits per heavy atom. The van der Waals surface area contributed by atoms with Crippen LogP contribution in [0.4, 0.5) is 0 Å². The summed E-state index contributed by atoms with van der Waals surface area (Å²) in [5, 5.41) is 26.7. The average Bonchev–Trinajstić information content (AvgIpc) is 2.80. The number of hydrogen-bond acceptors (Lipinski definition) is 8. The molecule has 0 saturated heterocycles. The van der Waals surface area contributed by atoms with E-state index in [2.05, 4.69) is 25.9 Å². The summed E-state index contributed by atoms with van der Waals surface area (Å²) < 4.78 is 0. The van der Waals surface area contributed by atoms with Crippen molar-refractivity contribution < 1.29 is 29.4 Å². The highest BCUT2D eigenvalue weighted by Crippen LogP contribution is 2.09. The molecule has 0 spiro atoms. The molecule has 3 amide bonds. The second-order valence-electron chi connectivity index (χ2n) is 9.32. The van der Waals surface area contributed by atoms with Gasteiger partial charge in [-0.3, -0.25) is 24.4 Å². The van der Waals surface area contributed by atoms with Crippen LogP contribution in [0.15, 0.2) is 9.98 Å². The Morgan fingerprint density at radius 1 is 0.737 bits per heavy atom. The number of nitrogens with zero attached hydrogens (tertiary/aromatic N) is 2. The Labute approximate surface area is 222 Å². The second-order valence-corrected chi connectivity index (χ2v) is 9.32. The molecule has 5 unspecified atom stereocenters. The minimum Gasteiger partial charge on any atom is -0.480 e. The van der Waals surface area contributed by atoms with Crippen LogP contribution in [0.25, 0.3) is 0 Å². The molecular formula is C22H44N10O6. The first-order valence-corrected chi connectivity index (χ1v) is 12.3. The smallest absolute Gasteiger partial charge is 0.326 e. The van der Waals surface area contributed by atoms with Gasteiger partial charge in [0.05, 0.1) is 6.10 Å². The topological polar surface area (TPSA) is 300 Å². The van der Waals surface area contributed by atoms with Crippen LogP contribution in [0.3, 0.4) is 0 Å². The van der Waals surface area contributed by atoms with Gasteiger partial charge in [-0.05, 0) is 44.9 Å². The zero-order chi connectivity index (χ0) is 29.4. The highest BCUT2D eigenvalue weighted by molar-refractivity contribution is 5.94. The zero-order valence-electron chi connectivity index (χ0n) is 22.2.